The predicted molar refractivity (Wildman–Crippen MR) is 51.6 cm³/mol. The first-order valence-corrected chi connectivity index (χ1v) is 4.74. The third-order valence-electron chi connectivity index (χ3n) is 2.69. The second-order valence-corrected chi connectivity index (χ2v) is 3.23. The largest absolute Gasteiger partial charge is 0.460 e. The van der Waals surface area contributed by atoms with E-state index in [-0.39, 0.29) is 17.7 Å². The lowest BCUT2D eigenvalue weighted by atomic mass is 9.91. The van der Waals surface area contributed by atoms with E-state index in [1.807, 2.05) is 20.8 Å². The first kappa shape index (κ1) is 12.4. The molecule has 1 unspecified atom stereocenters. The number of esters is 1. The second-order valence-electron chi connectivity index (χ2n) is 3.23. The summed E-state index contributed by atoms with van der Waals surface area (Å²) in [4.78, 5) is 10.8. The van der Waals surface area contributed by atoms with Crippen LogP contribution in [0.15, 0.2) is 0 Å². The van der Waals surface area contributed by atoms with Crippen molar-refractivity contribution in [3.63, 3.8) is 0 Å². The summed E-state index contributed by atoms with van der Waals surface area (Å²) in [5.74, 6) is -0.254. The fourth-order valence-electron chi connectivity index (χ4n) is 1.64. The summed E-state index contributed by atoms with van der Waals surface area (Å²) in [6.45, 7) is 7.36. The third-order valence-corrected chi connectivity index (χ3v) is 2.69. The average Bonchev–Trinajstić information content (AvgIpc) is 2.07. The Kier molecular flexibility index (Phi) is 4.99. The molecule has 0 aromatic heterocycles. The molecule has 3 heteroatoms. The maximum Gasteiger partial charge on any atom is 0.302 e. The van der Waals surface area contributed by atoms with Gasteiger partial charge in [-0.05, 0) is 19.8 Å². The Morgan fingerprint density at radius 1 is 1.38 bits per heavy atom. The smallest absolute Gasteiger partial charge is 0.302 e. The van der Waals surface area contributed by atoms with Gasteiger partial charge in [-0.2, -0.15) is 0 Å². The van der Waals surface area contributed by atoms with Crippen molar-refractivity contribution in [2.45, 2.75) is 52.2 Å². The molecular formula is C10H20O3. The molecular weight excluding hydrogens is 168 g/mol. The highest BCUT2D eigenvalue weighted by Crippen LogP contribution is 2.26. The van der Waals surface area contributed by atoms with Gasteiger partial charge in [-0.25, -0.2) is 0 Å². The van der Waals surface area contributed by atoms with Crippen LogP contribution < -0.4 is 0 Å². The van der Waals surface area contributed by atoms with Crippen molar-refractivity contribution in [1.82, 2.24) is 0 Å². The first-order chi connectivity index (χ1) is 6.02. The Labute approximate surface area is 80.4 Å². The summed E-state index contributed by atoms with van der Waals surface area (Å²) in [7, 11) is 1.66. The van der Waals surface area contributed by atoms with E-state index in [0.717, 1.165) is 12.8 Å². The molecule has 0 aromatic rings. The zero-order chi connectivity index (χ0) is 10.5. The van der Waals surface area contributed by atoms with Gasteiger partial charge in [-0.3, -0.25) is 4.79 Å². The van der Waals surface area contributed by atoms with E-state index in [1.165, 1.54) is 6.92 Å². The zero-order valence-corrected chi connectivity index (χ0v) is 9.22. The summed E-state index contributed by atoms with van der Waals surface area (Å²) >= 11 is 0. The minimum Gasteiger partial charge on any atom is -0.460 e. The van der Waals surface area contributed by atoms with Crippen molar-refractivity contribution >= 4 is 5.97 Å². The lowest BCUT2D eigenvalue weighted by Gasteiger charge is -2.35. The van der Waals surface area contributed by atoms with E-state index in [1.54, 1.807) is 7.11 Å². The van der Waals surface area contributed by atoms with Crippen LogP contribution in [0.2, 0.25) is 0 Å². The summed E-state index contributed by atoms with van der Waals surface area (Å²) in [5.41, 5.74) is -0.328. The highest BCUT2D eigenvalue weighted by Gasteiger charge is 2.34. The molecule has 0 aliphatic carbocycles. The molecule has 0 aliphatic rings. The Bertz CT molecular complexity index is 153. The van der Waals surface area contributed by atoms with E-state index in [4.69, 9.17) is 9.47 Å². The van der Waals surface area contributed by atoms with Crippen LogP contribution in [0.1, 0.15) is 40.5 Å². The molecule has 13 heavy (non-hydrogen) atoms. The number of carbonyl (C=O) groups is 1. The monoisotopic (exact) mass is 188 g/mol. The Morgan fingerprint density at radius 2 is 1.85 bits per heavy atom. The number of rotatable bonds is 5. The van der Waals surface area contributed by atoms with Crippen LogP contribution in [-0.4, -0.2) is 24.8 Å². The summed E-state index contributed by atoms with van der Waals surface area (Å²) in [6.07, 6.45) is 1.49. The lowest BCUT2D eigenvalue weighted by molar-refractivity contribution is -0.166. The van der Waals surface area contributed by atoms with Crippen LogP contribution in [0.3, 0.4) is 0 Å². The fourth-order valence-corrected chi connectivity index (χ4v) is 1.64. The number of methoxy groups -OCH3 is 1. The van der Waals surface area contributed by atoms with Crippen LogP contribution in [0.25, 0.3) is 0 Å². The normalized spacial score (nSPS) is 13.9. The maximum absolute atomic E-state index is 10.8. The van der Waals surface area contributed by atoms with Gasteiger partial charge in [0.1, 0.15) is 11.7 Å². The van der Waals surface area contributed by atoms with Crippen LogP contribution in [0, 0.1) is 0 Å². The minimum absolute atomic E-state index is 0.190. The molecule has 0 heterocycles. The van der Waals surface area contributed by atoms with Crippen molar-refractivity contribution in [3.05, 3.63) is 0 Å². The van der Waals surface area contributed by atoms with Crippen molar-refractivity contribution in [1.29, 1.82) is 0 Å². The lowest BCUT2D eigenvalue weighted by Crippen LogP contribution is -2.43. The molecule has 0 bridgehead atoms. The molecule has 78 valence electrons. The van der Waals surface area contributed by atoms with Crippen molar-refractivity contribution < 1.29 is 14.3 Å². The van der Waals surface area contributed by atoms with Gasteiger partial charge in [-0.1, -0.05) is 13.8 Å². The highest BCUT2D eigenvalue weighted by atomic mass is 16.6. The molecule has 0 fully saturated rings. The Balaban J connectivity index is 4.43. The molecule has 0 amide bonds. The molecule has 0 rings (SSSR count). The van der Waals surface area contributed by atoms with Crippen LogP contribution in [0.4, 0.5) is 0 Å². The molecule has 0 aromatic carbocycles. The van der Waals surface area contributed by atoms with Gasteiger partial charge in [0.25, 0.3) is 0 Å². The standard InChI is InChI=1S/C10H20O3/c1-6-10(7-2,12-5)8(3)13-9(4)11/h8H,6-7H2,1-5H3. The van der Waals surface area contributed by atoms with E-state index in [9.17, 15) is 4.79 Å². The summed E-state index contributed by atoms with van der Waals surface area (Å²) in [6, 6.07) is 0. The third kappa shape index (κ3) is 2.99. The van der Waals surface area contributed by atoms with Crippen LogP contribution in [0.5, 0.6) is 0 Å². The molecule has 0 saturated carbocycles. The number of hydrogen-bond acceptors (Lipinski definition) is 3. The van der Waals surface area contributed by atoms with E-state index in [2.05, 4.69) is 0 Å². The number of ether oxygens (including phenoxy) is 2. The molecule has 3 nitrogen and oxygen atoms in total. The van der Waals surface area contributed by atoms with Gasteiger partial charge in [0.15, 0.2) is 0 Å². The van der Waals surface area contributed by atoms with E-state index in [0.29, 0.717) is 0 Å². The molecule has 1 atom stereocenters. The predicted octanol–water partition coefficient (Wildman–Crippen LogP) is 2.14. The van der Waals surface area contributed by atoms with Gasteiger partial charge >= 0.3 is 5.97 Å². The molecule has 0 radical (unpaired) electrons. The van der Waals surface area contributed by atoms with Gasteiger partial charge in [0.05, 0.1) is 0 Å². The highest BCUT2D eigenvalue weighted by molar-refractivity contribution is 5.66. The first-order valence-electron chi connectivity index (χ1n) is 4.74. The minimum atomic E-state index is -0.328. The molecule has 0 saturated heterocycles. The average molecular weight is 188 g/mol. The van der Waals surface area contributed by atoms with E-state index < -0.39 is 0 Å². The molecule has 0 aliphatic heterocycles. The number of hydrogen-bond donors (Lipinski definition) is 0. The van der Waals surface area contributed by atoms with Crippen LogP contribution in [-0.2, 0) is 14.3 Å². The summed E-state index contributed by atoms with van der Waals surface area (Å²) in [5, 5.41) is 0. The summed E-state index contributed by atoms with van der Waals surface area (Å²) < 4.78 is 10.5. The second kappa shape index (κ2) is 5.22. The van der Waals surface area contributed by atoms with Crippen molar-refractivity contribution in [2.75, 3.05) is 7.11 Å². The zero-order valence-electron chi connectivity index (χ0n) is 9.22. The Hall–Kier alpha value is -0.570. The van der Waals surface area contributed by atoms with Gasteiger partial charge in [-0.15, -0.1) is 0 Å². The van der Waals surface area contributed by atoms with Crippen molar-refractivity contribution in [3.8, 4) is 0 Å². The topological polar surface area (TPSA) is 35.5 Å². The molecule has 0 spiro atoms. The van der Waals surface area contributed by atoms with Crippen LogP contribution >= 0.6 is 0 Å². The Morgan fingerprint density at radius 3 is 2.08 bits per heavy atom. The SMILES string of the molecule is CCC(CC)(OC)C(C)OC(C)=O. The van der Waals surface area contributed by atoms with Gasteiger partial charge < -0.3 is 9.47 Å². The fraction of sp³-hybridized carbons (Fsp3) is 0.900. The van der Waals surface area contributed by atoms with Gasteiger partial charge in [0, 0.05) is 14.0 Å². The maximum atomic E-state index is 10.8. The van der Waals surface area contributed by atoms with E-state index >= 15 is 0 Å². The number of carbonyl (C=O) groups excluding carboxylic acids is 1. The quantitative estimate of drug-likeness (QED) is 0.620. The van der Waals surface area contributed by atoms with Crippen molar-refractivity contribution in [2.24, 2.45) is 0 Å². The van der Waals surface area contributed by atoms with Gasteiger partial charge in [0.2, 0.25) is 0 Å². The molecule has 0 N–H and O–H groups in total.